The predicted octanol–water partition coefficient (Wildman–Crippen LogP) is 3.32. The van der Waals surface area contributed by atoms with Crippen LogP contribution in [0.25, 0.3) is 0 Å². The Balaban J connectivity index is 1.93. The average Bonchev–Trinajstić information content (AvgIpc) is 2.54. The molecule has 0 aliphatic heterocycles. The Hall–Kier alpha value is -1.84. The van der Waals surface area contributed by atoms with Gasteiger partial charge in [-0.1, -0.05) is 37.6 Å². The molecule has 1 amide bonds. The van der Waals surface area contributed by atoms with Gasteiger partial charge in [0.2, 0.25) is 5.91 Å². The van der Waals surface area contributed by atoms with E-state index in [4.69, 9.17) is 5.11 Å². The van der Waals surface area contributed by atoms with Crippen molar-refractivity contribution in [3.05, 3.63) is 35.4 Å². The quantitative estimate of drug-likeness (QED) is 0.877. The Labute approximate surface area is 131 Å². The van der Waals surface area contributed by atoms with Crippen LogP contribution in [0.2, 0.25) is 0 Å². The van der Waals surface area contributed by atoms with E-state index < -0.39 is 5.97 Å². The van der Waals surface area contributed by atoms with Gasteiger partial charge in [-0.05, 0) is 43.7 Å². The van der Waals surface area contributed by atoms with E-state index in [1.54, 1.807) is 0 Å². The van der Waals surface area contributed by atoms with Crippen LogP contribution in [0.5, 0.6) is 0 Å². The molecule has 4 heteroatoms. The number of carbonyl (C=O) groups is 2. The second kappa shape index (κ2) is 7.43. The van der Waals surface area contributed by atoms with E-state index in [0.717, 1.165) is 24.8 Å². The van der Waals surface area contributed by atoms with Crippen LogP contribution < -0.4 is 5.32 Å². The molecular weight excluding hydrogens is 278 g/mol. The fourth-order valence-corrected chi connectivity index (χ4v) is 3.11. The largest absolute Gasteiger partial charge is 0.481 e. The van der Waals surface area contributed by atoms with Crippen LogP contribution in [0, 0.1) is 11.8 Å². The number of carbonyl (C=O) groups excluding carboxylic acids is 1. The number of amides is 1. The molecule has 1 fully saturated rings. The van der Waals surface area contributed by atoms with Gasteiger partial charge in [-0.15, -0.1) is 0 Å². The third kappa shape index (κ3) is 4.09. The Morgan fingerprint density at radius 3 is 2.45 bits per heavy atom. The van der Waals surface area contributed by atoms with E-state index in [9.17, 15) is 9.59 Å². The molecule has 0 saturated heterocycles. The SMILES string of the molecule is CCc1ccc(C(C)NC(=O)C2CCCC(C(=O)O)C2)cc1. The smallest absolute Gasteiger partial charge is 0.306 e. The number of benzene rings is 1. The molecule has 0 spiro atoms. The molecule has 3 atom stereocenters. The molecule has 1 aliphatic rings. The zero-order valence-electron chi connectivity index (χ0n) is 13.3. The molecule has 0 radical (unpaired) electrons. The third-order valence-corrected chi connectivity index (χ3v) is 4.64. The van der Waals surface area contributed by atoms with Crippen LogP contribution in [0.15, 0.2) is 24.3 Å². The molecule has 1 aromatic carbocycles. The van der Waals surface area contributed by atoms with E-state index in [-0.39, 0.29) is 23.8 Å². The van der Waals surface area contributed by atoms with Gasteiger partial charge in [0.05, 0.1) is 12.0 Å². The molecule has 2 N–H and O–H groups in total. The summed E-state index contributed by atoms with van der Waals surface area (Å²) >= 11 is 0. The van der Waals surface area contributed by atoms with Crippen molar-refractivity contribution in [2.45, 2.75) is 52.0 Å². The Morgan fingerprint density at radius 2 is 1.86 bits per heavy atom. The lowest BCUT2D eigenvalue weighted by Gasteiger charge is -2.27. The van der Waals surface area contributed by atoms with Crippen LogP contribution in [0.1, 0.15) is 56.7 Å². The standard InChI is InChI=1S/C18H25NO3/c1-3-13-7-9-14(10-8-13)12(2)19-17(20)15-5-4-6-16(11-15)18(21)22/h7-10,12,15-16H,3-6,11H2,1-2H3,(H,19,20)(H,21,22). The van der Waals surface area contributed by atoms with E-state index in [2.05, 4.69) is 24.4 Å². The highest BCUT2D eigenvalue weighted by atomic mass is 16.4. The van der Waals surface area contributed by atoms with Gasteiger partial charge >= 0.3 is 5.97 Å². The number of aryl methyl sites for hydroxylation is 1. The summed E-state index contributed by atoms with van der Waals surface area (Å²) < 4.78 is 0. The fourth-order valence-electron chi connectivity index (χ4n) is 3.11. The van der Waals surface area contributed by atoms with Crippen LogP contribution in [-0.4, -0.2) is 17.0 Å². The lowest BCUT2D eigenvalue weighted by atomic mass is 9.81. The number of carboxylic acid groups (broad SMARTS) is 1. The summed E-state index contributed by atoms with van der Waals surface area (Å²) in [6.45, 7) is 4.08. The van der Waals surface area contributed by atoms with Crippen molar-refractivity contribution in [3.8, 4) is 0 Å². The molecule has 1 saturated carbocycles. The first-order valence-corrected chi connectivity index (χ1v) is 8.13. The lowest BCUT2D eigenvalue weighted by Crippen LogP contribution is -2.36. The molecule has 3 unspecified atom stereocenters. The highest BCUT2D eigenvalue weighted by Gasteiger charge is 2.31. The number of rotatable bonds is 5. The van der Waals surface area contributed by atoms with E-state index in [0.29, 0.717) is 12.8 Å². The normalized spacial score (nSPS) is 22.8. The van der Waals surface area contributed by atoms with Crippen molar-refractivity contribution in [3.63, 3.8) is 0 Å². The minimum absolute atomic E-state index is 0.0157. The highest BCUT2D eigenvalue weighted by Crippen LogP contribution is 2.30. The van der Waals surface area contributed by atoms with Crippen molar-refractivity contribution in [2.24, 2.45) is 11.8 Å². The molecule has 22 heavy (non-hydrogen) atoms. The van der Waals surface area contributed by atoms with Crippen molar-refractivity contribution in [1.82, 2.24) is 5.32 Å². The summed E-state index contributed by atoms with van der Waals surface area (Å²) in [7, 11) is 0. The highest BCUT2D eigenvalue weighted by molar-refractivity contribution is 5.80. The molecule has 0 aromatic heterocycles. The predicted molar refractivity (Wildman–Crippen MR) is 85.5 cm³/mol. The van der Waals surface area contributed by atoms with Gasteiger partial charge in [0.15, 0.2) is 0 Å². The second-order valence-electron chi connectivity index (χ2n) is 6.22. The van der Waals surface area contributed by atoms with Crippen LogP contribution in [0.3, 0.4) is 0 Å². The van der Waals surface area contributed by atoms with E-state index in [1.165, 1.54) is 5.56 Å². The molecule has 0 heterocycles. The topological polar surface area (TPSA) is 66.4 Å². The number of hydrogen-bond acceptors (Lipinski definition) is 2. The molecule has 1 aromatic rings. The van der Waals surface area contributed by atoms with Gasteiger partial charge in [-0.3, -0.25) is 9.59 Å². The van der Waals surface area contributed by atoms with Gasteiger partial charge in [0.25, 0.3) is 0 Å². The molecular formula is C18H25NO3. The van der Waals surface area contributed by atoms with Gasteiger partial charge in [-0.25, -0.2) is 0 Å². The maximum Gasteiger partial charge on any atom is 0.306 e. The summed E-state index contributed by atoms with van der Waals surface area (Å²) in [5.41, 5.74) is 2.36. The fraction of sp³-hybridized carbons (Fsp3) is 0.556. The summed E-state index contributed by atoms with van der Waals surface area (Å²) in [5.74, 6) is -1.34. The second-order valence-corrected chi connectivity index (χ2v) is 6.22. The minimum Gasteiger partial charge on any atom is -0.481 e. The maximum absolute atomic E-state index is 12.4. The zero-order valence-corrected chi connectivity index (χ0v) is 13.3. The first kappa shape index (κ1) is 16.5. The van der Waals surface area contributed by atoms with Crippen molar-refractivity contribution in [1.29, 1.82) is 0 Å². The number of hydrogen-bond donors (Lipinski definition) is 2. The Kier molecular flexibility index (Phi) is 5.58. The number of aliphatic carboxylic acids is 1. The Bertz CT molecular complexity index is 524. The lowest BCUT2D eigenvalue weighted by molar-refractivity contribution is -0.144. The molecule has 1 aliphatic carbocycles. The van der Waals surface area contributed by atoms with Gasteiger partial charge in [0, 0.05) is 5.92 Å². The van der Waals surface area contributed by atoms with Gasteiger partial charge in [0.1, 0.15) is 0 Å². The van der Waals surface area contributed by atoms with Crippen LogP contribution in [0.4, 0.5) is 0 Å². The Morgan fingerprint density at radius 1 is 1.23 bits per heavy atom. The molecule has 0 bridgehead atoms. The zero-order chi connectivity index (χ0) is 16.1. The number of carboxylic acids is 1. The maximum atomic E-state index is 12.4. The summed E-state index contributed by atoms with van der Waals surface area (Å²) in [6.07, 6.45) is 3.75. The van der Waals surface area contributed by atoms with Gasteiger partial charge < -0.3 is 10.4 Å². The summed E-state index contributed by atoms with van der Waals surface area (Å²) in [5, 5.41) is 12.1. The number of nitrogens with one attached hydrogen (secondary N) is 1. The summed E-state index contributed by atoms with van der Waals surface area (Å²) in [4.78, 5) is 23.5. The average molecular weight is 303 g/mol. The van der Waals surface area contributed by atoms with Crippen molar-refractivity contribution in [2.75, 3.05) is 0 Å². The molecule has 2 rings (SSSR count). The monoisotopic (exact) mass is 303 g/mol. The minimum atomic E-state index is -0.777. The van der Waals surface area contributed by atoms with Crippen LogP contribution >= 0.6 is 0 Å². The first-order valence-electron chi connectivity index (χ1n) is 8.13. The van der Waals surface area contributed by atoms with E-state index >= 15 is 0 Å². The van der Waals surface area contributed by atoms with E-state index in [1.807, 2.05) is 19.1 Å². The summed E-state index contributed by atoms with van der Waals surface area (Å²) in [6, 6.07) is 8.21. The first-order chi connectivity index (χ1) is 10.5. The van der Waals surface area contributed by atoms with Crippen molar-refractivity contribution < 1.29 is 14.7 Å². The molecule has 4 nitrogen and oxygen atoms in total. The van der Waals surface area contributed by atoms with Gasteiger partial charge in [-0.2, -0.15) is 0 Å². The third-order valence-electron chi connectivity index (χ3n) is 4.64. The van der Waals surface area contributed by atoms with Crippen molar-refractivity contribution >= 4 is 11.9 Å². The van der Waals surface area contributed by atoms with Crippen LogP contribution in [-0.2, 0) is 16.0 Å². The molecule has 120 valence electrons.